The Bertz CT molecular complexity index is 464. The van der Waals surface area contributed by atoms with E-state index in [9.17, 15) is 0 Å². The van der Waals surface area contributed by atoms with Crippen molar-refractivity contribution in [1.82, 2.24) is 5.32 Å². The van der Waals surface area contributed by atoms with Gasteiger partial charge in [-0.1, -0.05) is 38.0 Å². The van der Waals surface area contributed by atoms with E-state index in [4.69, 9.17) is 4.74 Å². The summed E-state index contributed by atoms with van der Waals surface area (Å²) in [5, 5.41) is 5.55. The Kier molecular flexibility index (Phi) is 6.61. The highest BCUT2D eigenvalue weighted by molar-refractivity contribution is 7.09. The first kappa shape index (κ1) is 15.1. The summed E-state index contributed by atoms with van der Waals surface area (Å²) < 4.78 is 5.75. The Labute approximate surface area is 125 Å². The summed E-state index contributed by atoms with van der Waals surface area (Å²) in [6, 6.07) is 12.5. The molecule has 0 bridgehead atoms. The molecule has 2 nitrogen and oxygen atoms in total. The van der Waals surface area contributed by atoms with Crippen LogP contribution in [0, 0.1) is 0 Å². The molecule has 20 heavy (non-hydrogen) atoms. The summed E-state index contributed by atoms with van der Waals surface area (Å²) in [6.45, 7) is 4.93. The fourth-order valence-corrected chi connectivity index (χ4v) is 2.60. The van der Waals surface area contributed by atoms with Gasteiger partial charge in [-0.3, -0.25) is 0 Å². The minimum atomic E-state index is 0.659. The average molecular weight is 289 g/mol. The molecule has 0 aliphatic rings. The Morgan fingerprint density at radius 3 is 2.65 bits per heavy atom. The molecular formula is C17H23NOS. The van der Waals surface area contributed by atoms with Gasteiger partial charge in [0.1, 0.15) is 12.4 Å². The molecule has 0 aliphatic carbocycles. The van der Waals surface area contributed by atoms with Crippen molar-refractivity contribution in [1.29, 1.82) is 0 Å². The van der Waals surface area contributed by atoms with E-state index >= 15 is 0 Å². The number of thiophene rings is 1. The number of nitrogens with one attached hydrogen (secondary N) is 1. The smallest absolute Gasteiger partial charge is 0.122 e. The van der Waals surface area contributed by atoms with Gasteiger partial charge in [-0.2, -0.15) is 0 Å². The molecule has 0 aliphatic heterocycles. The van der Waals surface area contributed by atoms with Crippen molar-refractivity contribution >= 4 is 11.3 Å². The Morgan fingerprint density at radius 2 is 1.95 bits per heavy atom. The van der Waals surface area contributed by atoms with Crippen LogP contribution in [0.2, 0.25) is 0 Å². The van der Waals surface area contributed by atoms with Crippen LogP contribution in [0.5, 0.6) is 5.75 Å². The third-order valence-corrected chi connectivity index (χ3v) is 4.02. The summed E-state index contributed by atoms with van der Waals surface area (Å²) in [4.78, 5) is 1.26. The zero-order chi connectivity index (χ0) is 14.0. The van der Waals surface area contributed by atoms with Crippen LogP contribution in [0.4, 0.5) is 0 Å². The molecular weight excluding hydrogens is 266 g/mol. The SMILES string of the molecule is CCCCCNCc1ccc(OCc2cccs2)cc1. The number of rotatable bonds is 9. The van der Waals surface area contributed by atoms with Gasteiger partial charge in [0.15, 0.2) is 0 Å². The summed E-state index contributed by atoms with van der Waals surface area (Å²) >= 11 is 1.73. The molecule has 108 valence electrons. The molecule has 3 heteroatoms. The van der Waals surface area contributed by atoms with E-state index in [0.717, 1.165) is 18.8 Å². The van der Waals surface area contributed by atoms with Crippen LogP contribution in [0.15, 0.2) is 41.8 Å². The standard InChI is InChI=1S/C17H23NOS/c1-2-3-4-11-18-13-15-7-9-16(10-8-15)19-14-17-6-5-12-20-17/h5-10,12,18H,2-4,11,13-14H2,1H3. The second-order valence-electron chi connectivity index (χ2n) is 4.90. The van der Waals surface area contributed by atoms with Crippen LogP contribution < -0.4 is 10.1 Å². The van der Waals surface area contributed by atoms with Gasteiger partial charge in [0.05, 0.1) is 0 Å². The third-order valence-electron chi connectivity index (χ3n) is 3.17. The first-order chi connectivity index (χ1) is 9.88. The van der Waals surface area contributed by atoms with Crippen molar-refractivity contribution < 1.29 is 4.74 Å². The van der Waals surface area contributed by atoms with Crippen LogP contribution in [0.3, 0.4) is 0 Å². The molecule has 1 aromatic heterocycles. The predicted octanol–water partition coefficient (Wildman–Crippen LogP) is 4.61. The zero-order valence-corrected chi connectivity index (χ0v) is 12.9. The Hall–Kier alpha value is -1.32. The lowest BCUT2D eigenvalue weighted by molar-refractivity contribution is 0.309. The van der Waals surface area contributed by atoms with Gasteiger partial charge in [0.2, 0.25) is 0 Å². The molecule has 0 atom stereocenters. The molecule has 1 N–H and O–H groups in total. The van der Waals surface area contributed by atoms with Crippen molar-refractivity contribution in [3.05, 3.63) is 52.2 Å². The first-order valence-electron chi connectivity index (χ1n) is 7.33. The molecule has 0 spiro atoms. The van der Waals surface area contributed by atoms with Crippen molar-refractivity contribution in [2.24, 2.45) is 0 Å². The van der Waals surface area contributed by atoms with Gasteiger partial charge in [0, 0.05) is 11.4 Å². The van der Waals surface area contributed by atoms with Gasteiger partial charge >= 0.3 is 0 Å². The molecule has 0 radical (unpaired) electrons. The predicted molar refractivity (Wildman–Crippen MR) is 86.3 cm³/mol. The lowest BCUT2D eigenvalue weighted by Crippen LogP contribution is -2.14. The summed E-state index contributed by atoms with van der Waals surface area (Å²) in [6.07, 6.45) is 3.85. The number of hydrogen-bond acceptors (Lipinski definition) is 3. The van der Waals surface area contributed by atoms with Gasteiger partial charge in [0.25, 0.3) is 0 Å². The van der Waals surface area contributed by atoms with Crippen LogP contribution in [-0.2, 0) is 13.2 Å². The summed E-state index contributed by atoms with van der Waals surface area (Å²) in [5.74, 6) is 0.938. The molecule has 0 fully saturated rings. The molecule has 0 unspecified atom stereocenters. The number of unbranched alkanes of at least 4 members (excludes halogenated alkanes) is 2. The number of ether oxygens (including phenoxy) is 1. The Balaban J connectivity index is 1.69. The van der Waals surface area contributed by atoms with E-state index in [1.807, 2.05) is 0 Å². The summed E-state index contributed by atoms with van der Waals surface area (Å²) in [7, 11) is 0. The van der Waals surface area contributed by atoms with E-state index in [0.29, 0.717) is 6.61 Å². The number of hydrogen-bond donors (Lipinski definition) is 1. The zero-order valence-electron chi connectivity index (χ0n) is 12.1. The molecule has 0 amide bonds. The largest absolute Gasteiger partial charge is 0.488 e. The lowest BCUT2D eigenvalue weighted by atomic mass is 10.2. The average Bonchev–Trinajstić information content (AvgIpc) is 2.99. The molecule has 2 rings (SSSR count). The van der Waals surface area contributed by atoms with Crippen molar-refractivity contribution in [2.75, 3.05) is 6.54 Å². The lowest BCUT2D eigenvalue weighted by Gasteiger charge is -2.07. The van der Waals surface area contributed by atoms with E-state index in [2.05, 4.69) is 54.0 Å². The fourth-order valence-electron chi connectivity index (χ4n) is 1.99. The van der Waals surface area contributed by atoms with E-state index in [-0.39, 0.29) is 0 Å². The minimum Gasteiger partial charge on any atom is -0.488 e. The van der Waals surface area contributed by atoms with E-state index in [1.165, 1.54) is 29.7 Å². The van der Waals surface area contributed by atoms with Gasteiger partial charge in [-0.05, 0) is 42.1 Å². The van der Waals surface area contributed by atoms with Crippen LogP contribution in [0.1, 0.15) is 36.6 Å². The van der Waals surface area contributed by atoms with Crippen molar-refractivity contribution in [3.8, 4) is 5.75 Å². The highest BCUT2D eigenvalue weighted by Gasteiger charge is 1.98. The monoisotopic (exact) mass is 289 g/mol. The molecule has 0 saturated carbocycles. The maximum atomic E-state index is 5.75. The summed E-state index contributed by atoms with van der Waals surface area (Å²) in [5.41, 5.74) is 1.31. The second-order valence-corrected chi connectivity index (χ2v) is 5.93. The molecule has 1 heterocycles. The molecule has 0 saturated heterocycles. The van der Waals surface area contributed by atoms with Gasteiger partial charge in [-0.25, -0.2) is 0 Å². The highest BCUT2D eigenvalue weighted by Crippen LogP contribution is 2.16. The maximum absolute atomic E-state index is 5.75. The van der Waals surface area contributed by atoms with E-state index in [1.54, 1.807) is 11.3 Å². The number of benzene rings is 1. The quantitative estimate of drug-likeness (QED) is 0.681. The van der Waals surface area contributed by atoms with Crippen molar-refractivity contribution in [2.45, 2.75) is 39.3 Å². The van der Waals surface area contributed by atoms with E-state index < -0.39 is 0 Å². The van der Waals surface area contributed by atoms with Crippen LogP contribution in [0.25, 0.3) is 0 Å². The second kappa shape index (κ2) is 8.77. The normalized spacial score (nSPS) is 10.7. The molecule has 1 aromatic carbocycles. The van der Waals surface area contributed by atoms with Crippen molar-refractivity contribution in [3.63, 3.8) is 0 Å². The Morgan fingerprint density at radius 1 is 1.10 bits per heavy atom. The maximum Gasteiger partial charge on any atom is 0.122 e. The third kappa shape index (κ3) is 5.35. The van der Waals surface area contributed by atoms with Gasteiger partial charge < -0.3 is 10.1 Å². The van der Waals surface area contributed by atoms with Crippen LogP contribution >= 0.6 is 11.3 Å². The molecule has 2 aromatic rings. The highest BCUT2D eigenvalue weighted by atomic mass is 32.1. The van der Waals surface area contributed by atoms with Crippen LogP contribution in [-0.4, -0.2) is 6.54 Å². The first-order valence-corrected chi connectivity index (χ1v) is 8.21. The van der Waals surface area contributed by atoms with Gasteiger partial charge in [-0.15, -0.1) is 11.3 Å². The minimum absolute atomic E-state index is 0.659. The fraction of sp³-hybridized carbons (Fsp3) is 0.412. The topological polar surface area (TPSA) is 21.3 Å².